The van der Waals surface area contributed by atoms with E-state index in [1.165, 1.54) is 12.1 Å². The molecule has 0 atom stereocenters. The molecule has 4 N–H and O–H groups in total. The number of rotatable bonds is 7. The van der Waals surface area contributed by atoms with E-state index < -0.39 is 26.1 Å². The Bertz CT molecular complexity index is 1410. The second kappa shape index (κ2) is 8.34. The maximum absolute atomic E-state index is 12.7. The van der Waals surface area contributed by atoms with Crippen LogP contribution < -0.4 is 13.7 Å². The molecule has 0 saturated carbocycles. The van der Waals surface area contributed by atoms with Crippen molar-refractivity contribution < 1.29 is 27.0 Å². The smallest absolute Gasteiger partial charge is 0.330 e. The average molecular weight is 476 g/mol. The van der Waals surface area contributed by atoms with Gasteiger partial charge in [-0.2, -0.15) is 8.42 Å². The maximum atomic E-state index is 12.7. The number of hydrogen-bond donors (Lipinski definition) is 4. The third-order valence-corrected chi connectivity index (χ3v) is 7.79. The van der Waals surface area contributed by atoms with Gasteiger partial charge in [0.15, 0.2) is 0 Å². The van der Waals surface area contributed by atoms with Gasteiger partial charge in [-0.05, 0) is 42.0 Å². The molecule has 0 aliphatic carbocycles. The minimum atomic E-state index is -4.00. The van der Waals surface area contributed by atoms with Crippen LogP contribution in [0.5, 0.6) is 5.75 Å². The Hall–Kier alpha value is -3.28. The van der Waals surface area contributed by atoms with E-state index >= 15 is 0 Å². The van der Waals surface area contributed by atoms with Crippen LogP contribution in [0, 0.1) is 0 Å². The number of aliphatic hydroxyl groups excluding tert-OH is 1. The third kappa shape index (κ3) is 4.35. The average Bonchev–Trinajstić information content (AvgIpc) is 3.02. The number of sulfonamides is 1. The number of aromatic hydroxyl groups is 1. The van der Waals surface area contributed by atoms with Crippen molar-refractivity contribution in [3.63, 3.8) is 0 Å². The largest absolute Gasteiger partial charge is 0.506 e. The van der Waals surface area contributed by atoms with Gasteiger partial charge in [-0.15, -0.1) is 0 Å². The predicted octanol–water partition coefficient (Wildman–Crippen LogP) is 2.47. The lowest BCUT2D eigenvalue weighted by Gasteiger charge is -2.16. The molecule has 11 heteroatoms. The third-order valence-electron chi connectivity index (χ3n) is 4.98. The molecule has 168 valence electrons. The second-order valence-electron chi connectivity index (χ2n) is 7.22. The fraction of sp³-hybridized carbons (Fsp3) is 0.143. The molecular weight excluding hydrogens is 454 g/mol. The SMILES string of the molecule is O=S(=O)(NCCCc1ccc(N2C=C(O)NS2(=O)=O)c(O)c1)c1cccc2ccccc12. The molecule has 0 fully saturated rings. The lowest BCUT2D eigenvalue weighted by Crippen LogP contribution is -2.29. The molecule has 9 nitrogen and oxygen atoms in total. The van der Waals surface area contributed by atoms with E-state index in [9.17, 15) is 27.0 Å². The predicted molar refractivity (Wildman–Crippen MR) is 121 cm³/mol. The summed E-state index contributed by atoms with van der Waals surface area (Å²) in [4.78, 5) is 0.217. The van der Waals surface area contributed by atoms with Gasteiger partial charge >= 0.3 is 10.2 Å². The minimum Gasteiger partial charge on any atom is -0.506 e. The van der Waals surface area contributed by atoms with Crippen LogP contribution in [0.4, 0.5) is 5.69 Å². The van der Waals surface area contributed by atoms with Crippen LogP contribution in [-0.4, -0.2) is 33.6 Å². The van der Waals surface area contributed by atoms with Crippen molar-refractivity contribution in [1.29, 1.82) is 0 Å². The summed E-state index contributed by atoms with van der Waals surface area (Å²) in [5, 5.41) is 21.1. The molecule has 0 bridgehead atoms. The van der Waals surface area contributed by atoms with E-state index in [-0.39, 0.29) is 22.9 Å². The monoisotopic (exact) mass is 475 g/mol. The normalized spacial score (nSPS) is 15.5. The van der Waals surface area contributed by atoms with Crippen LogP contribution in [0.2, 0.25) is 0 Å². The van der Waals surface area contributed by atoms with Crippen LogP contribution in [0.25, 0.3) is 10.8 Å². The summed E-state index contributed by atoms with van der Waals surface area (Å²) in [7, 11) is -7.70. The van der Waals surface area contributed by atoms with E-state index in [4.69, 9.17) is 0 Å². The fourth-order valence-electron chi connectivity index (χ4n) is 3.50. The van der Waals surface area contributed by atoms with Gasteiger partial charge in [-0.25, -0.2) is 22.2 Å². The highest BCUT2D eigenvalue weighted by atomic mass is 32.2. The molecule has 1 aliphatic heterocycles. The molecule has 1 heterocycles. The first kappa shape index (κ1) is 21.9. The lowest BCUT2D eigenvalue weighted by atomic mass is 10.1. The van der Waals surface area contributed by atoms with Gasteiger partial charge in [0.1, 0.15) is 11.4 Å². The Balaban J connectivity index is 1.40. The van der Waals surface area contributed by atoms with Gasteiger partial charge in [0.2, 0.25) is 15.9 Å². The van der Waals surface area contributed by atoms with Crippen LogP contribution in [0.1, 0.15) is 12.0 Å². The first-order valence-corrected chi connectivity index (χ1v) is 12.6. The molecule has 3 aromatic carbocycles. The number of nitrogens with one attached hydrogen (secondary N) is 2. The standard InChI is InChI=1S/C21H21N3O6S2/c25-19-13-15(10-11-18(19)24-14-21(26)23-32(24,29)30)5-4-12-22-31(27,28)20-9-3-7-16-6-1-2-8-17(16)20/h1-3,6-11,13-14,22-23,25-26H,4-5,12H2. The number of fused-ring (bicyclic) bond motifs is 1. The van der Waals surface area contributed by atoms with Crippen molar-refractivity contribution in [2.45, 2.75) is 17.7 Å². The van der Waals surface area contributed by atoms with Gasteiger partial charge < -0.3 is 10.2 Å². The second-order valence-corrected chi connectivity index (χ2v) is 10.5. The zero-order valence-corrected chi connectivity index (χ0v) is 18.4. The number of aliphatic hydroxyl groups is 1. The fourth-order valence-corrected chi connectivity index (χ4v) is 5.87. The van der Waals surface area contributed by atoms with Crippen molar-refractivity contribution in [2.24, 2.45) is 0 Å². The highest BCUT2D eigenvalue weighted by Gasteiger charge is 2.30. The van der Waals surface area contributed by atoms with Crippen molar-refractivity contribution in [1.82, 2.24) is 9.44 Å². The molecule has 1 aliphatic rings. The summed E-state index contributed by atoms with van der Waals surface area (Å²) in [5.74, 6) is -0.831. The summed E-state index contributed by atoms with van der Waals surface area (Å²) in [6, 6.07) is 16.8. The van der Waals surface area contributed by atoms with Crippen LogP contribution in [0.3, 0.4) is 0 Å². The first-order chi connectivity index (χ1) is 15.2. The Morgan fingerprint density at radius 3 is 2.47 bits per heavy atom. The summed E-state index contributed by atoms with van der Waals surface area (Å²) >= 11 is 0. The van der Waals surface area contributed by atoms with Crippen molar-refractivity contribution in [3.8, 4) is 5.75 Å². The van der Waals surface area contributed by atoms with E-state index in [2.05, 4.69) is 4.72 Å². The quantitative estimate of drug-likeness (QED) is 0.388. The van der Waals surface area contributed by atoms with Gasteiger partial charge in [0.25, 0.3) is 0 Å². The van der Waals surface area contributed by atoms with E-state index in [0.29, 0.717) is 23.8 Å². The Morgan fingerprint density at radius 1 is 1.00 bits per heavy atom. The Morgan fingerprint density at radius 2 is 1.75 bits per heavy atom. The summed E-state index contributed by atoms with van der Waals surface area (Å²) in [5.41, 5.74) is 0.690. The number of aryl methyl sites for hydroxylation is 1. The van der Waals surface area contributed by atoms with E-state index in [1.54, 1.807) is 30.3 Å². The molecule has 3 aromatic rings. The van der Waals surface area contributed by atoms with Crippen molar-refractivity contribution >= 4 is 36.7 Å². The molecule has 32 heavy (non-hydrogen) atoms. The summed E-state index contributed by atoms with van der Waals surface area (Å²) < 4.78 is 54.6. The number of anilines is 1. The zero-order valence-electron chi connectivity index (χ0n) is 16.8. The number of benzene rings is 3. The molecular formula is C21H21N3O6S2. The molecule has 0 aromatic heterocycles. The molecule has 4 rings (SSSR count). The molecule has 0 radical (unpaired) electrons. The van der Waals surface area contributed by atoms with Gasteiger partial charge in [-0.3, -0.25) is 0 Å². The zero-order chi connectivity index (χ0) is 22.9. The number of phenolic OH excluding ortho intramolecular Hbond substituents is 1. The number of phenols is 1. The topological polar surface area (TPSA) is 136 Å². The van der Waals surface area contributed by atoms with Crippen LogP contribution in [0.15, 0.2) is 77.6 Å². The number of nitrogens with zero attached hydrogens (tertiary/aromatic N) is 1. The highest BCUT2D eigenvalue weighted by molar-refractivity contribution is 7.91. The molecule has 0 spiro atoms. The van der Waals surface area contributed by atoms with Gasteiger partial charge in [0, 0.05) is 11.9 Å². The van der Waals surface area contributed by atoms with Crippen molar-refractivity contribution in [2.75, 3.05) is 10.8 Å². The van der Waals surface area contributed by atoms with Gasteiger partial charge in [-0.1, -0.05) is 42.5 Å². The molecule has 0 unspecified atom stereocenters. The van der Waals surface area contributed by atoms with E-state index in [0.717, 1.165) is 15.9 Å². The Kier molecular flexibility index (Phi) is 5.71. The van der Waals surface area contributed by atoms with Gasteiger partial charge in [0.05, 0.1) is 11.1 Å². The molecule has 0 amide bonds. The minimum absolute atomic E-state index is 0.0121. The lowest BCUT2D eigenvalue weighted by molar-refractivity contribution is 0.392. The summed E-state index contributed by atoms with van der Waals surface area (Å²) in [6.07, 6.45) is 1.87. The first-order valence-electron chi connectivity index (χ1n) is 9.70. The Labute approximate surface area is 185 Å². The molecule has 0 saturated heterocycles. The number of hydrogen-bond acceptors (Lipinski definition) is 6. The van der Waals surface area contributed by atoms with Crippen molar-refractivity contribution in [3.05, 3.63) is 78.3 Å². The maximum Gasteiger partial charge on any atom is 0.330 e. The highest BCUT2D eigenvalue weighted by Crippen LogP contribution is 2.32. The van der Waals surface area contributed by atoms with E-state index in [1.807, 2.05) is 22.9 Å². The van der Waals surface area contributed by atoms with Crippen LogP contribution in [-0.2, 0) is 26.7 Å². The van der Waals surface area contributed by atoms with Crippen LogP contribution >= 0.6 is 0 Å². The summed E-state index contributed by atoms with van der Waals surface area (Å²) in [6.45, 7) is 0.190.